The third-order valence-electron chi connectivity index (χ3n) is 4.05. The van der Waals surface area contributed by atoms with Crippen LogP contribution >= 0.6 is 11.6 Å². The lowest BCUT2D eigenvalue weighted by Crippen LogP contribution is -2.38. The Labute approximate surface area is 114 Å². The quantitative estimate of drug-likeness (QED) is 0.541. The highest BCUT2D eigenvalue weighted by Crippen LogP contribution is 2.27. The maximum Gasteiger partial charge on any atom is 0.127 e. The minimum atomic E-state index is 0.318. The summed E-state index contributed by atoms with van der Waals surface area (Å²) >= 11 is 6.02. The predicted molar refractivity (Wildman–Crippen MR) is 75.8 cm³/mol. The lowest BCUT2D eigenvalue weighted by Gasteiger charge is -2.32. The summed E-state index contributed by atoms with van der Waals surface area (Å²) in [6.45, 7) is 2.51. The lowest BCUT2D eigenvalue weighted by molar-refractivity contribution is 0.164. The number of likely N-dealkylation sites (tertiary alicyclic amines) is 1. The monoisotopic (exact) mass is 270 g/mol. The maximum atomic E-state index is 7.07. The fourth-order valence-electron chi connectivity index (χ4n) is 3.03. The van der Waals surface area contributed by atoms with Gasteiger partial charge >= 0.3 is 0 Å². The molecule has 0 bridgehead atoms. The Kier molecular flexibility index (Phi) is 4.89. The van der Waals surface area contributed by atoms with Crippen LogP contribution in [-0.4, -0.2) is 36.3 Å². The molecule has 0 radical (unpaired) electrons. The maximum absolute atomic E-state index is 7.07. The fraction of sp³-hybridized carbons (Fsp3) is 0.769. The van der Waals surface area contributed by atoms with Crippen LogP contribution in [0.4, 0.5) is 0 Å². The summed E-state index contributed by atoms with van der Waals surface area (Å²) in [7, 11) is 0. The number of rotatable bonds is 4. The summed E-state index contributed by atoms with van der Waals surface area (Å²) in [5.74, 6) is 0. The van der Waals surface area contributed by atoms with Gasteiger partial charge < -0.3 is 21.4 Å². The van der Waals surface area contributed by atoms with Gasteiger partial charge in [0.1, 0.15) is 5.16 Å². The Morgan fingerprint density at radius 1 is 1.28 bits per heavy atom. The third kappa shape index (κ3) is 3.39. The van der Waals surface area contributed by atoms with Crippen LogP contribution in [0.1, 0.15) is 38.5 Å². The average Bonchev–Trinajstić information content (AvgIpc) is 2.87. The van der Waals surface area contributed by atoms with E-state index in [2.05, 4.69) is 10.2 Å². The van der Waals surface area contributed by atoms with Crippen molar-refractivity contribution in [2.75, 3.05) is 13.1 Å². The van der Waals surface area contributed by atoms with Crippen LogP contribution in [0.5, 0.6) is 0 Å². The molecule has 18 heavy (non-hydrogen) atoms. The van der Waals surface area contributed by atoms with Crippen molar-refractivity contribution in [2.45, 2.75) is 50.6 Å². The highest BCUT2D eigenvalue weighted by molar-refractivity contribution is 6.30. The van der Waals surface area contributed by atoms with Crippen molar-refractivity contribution >= 4 is 17.8 Å². The van der Waals surface area contributed by atoms with Crippen LogP contribution in [0, 0.1) is 5.41 Å². The number of nitrogens with two attached hydrogens (primary N) is 1. The molecule has 1 heterocycles. The summed E-state index contributed by atoms with van der Waals surface area (Å²) in [4.78, 5) is 2.63. The van der Waals surface area contributed by atoms with Gasteiger partial charge in [-0.05, 0) is 45.2 Å². The molecule has 2 unspecified atom stereocenters. The summed E-state index contributed by atoms with van der Waals surface area (Å²) in [5.41, 5.74) is 5.92. The van der Waals surface area contributed by atoms with Crippen molar-refractivity contribution in [1.82, 2.24) is 10.2 Å². The van der Waals surface area contributed by atoms with E-state index in [1.165, 1.54) is 38.8 Å². The molecule has 1 aliphatic heterocycles. The molecule has 0 spiro atoms. The predicted octanol–water partition coefficient (Wildman–Crippen LogP) is 2.00. The average molecular weight is 271 g/mol. The Balaban J connectivity index is 1.82. The van der Waals surface area contributed by atoms with Gasteiger partial charge in [-0.3, -0.25) is 0 Å². The Hall–Kier alpha value is -0.740. The van der Waals surface area contributed by atoms with Crippen LogP contribution < -0.4 is 11.1 Å². The van der Waals surface area contributed by atoms with Gasteiger partial charge in [0.05, 0.1) is 5.70 Å². The highest BCUT2D eigenvalue weighted by Gasteiger charge is 2.30. The van der Waals surface area contributed by atoms with E-state index in [4.69, 9.17) is 22.7 Å². The minimum Gasteiger partial charge on any atom is -0.395 e. The molecule has 2 rings (SSSR count). The molecule has 0 amide bonds. The number of nitrogens with zero attached hydrogens (tertiary/aromatic N) is 1. The number of nitrogens with one attached hydrogen (secondary N) is 2. The first-order valence-corrected chi connectivity index (χ1v) is 7.25. The summed E-state index contributed by atoms with van der Waals surface area (Å²) in [5, 5.41) is 10.7. The zero-order valence-corrected chi connectivity index (χ0v) is 11.5. The molecule has 102 valence electrons. The standard InChI is InChI=1S/C13H23ClN4/c14-13(12(16)9-15)17-10-4-5-11(8-10)18-6-2-1-3-7-18/h9-11,15,17H,1-8,16H2/b13-12+,15-9?. The first-order chi connectivity index (χ1) is 8.70. The Morgan fingerprint density at radius 2 is 2.00 bits per heavy atom. The molecule has 0 aromatic carbocycles. The van der Waals surface area contributed by atoms with Crippen molar-refractivity contribution in [3.05, 3.63) is 10.9 Å². The molecule has 4 nitrogen and oxygen atoms in total. The molecule has 5 heteroatoms. The third-order valence-corrected chi connectivity index (χ3v) is 4.38. The van der Waals surface area contributed by atoms with Crippen LogP contribution in [-0.2, 0) is 0 Å². The van der Waals surface area contributed by atoms with Crippen LogP contribution in [0.2, 0.25) is 0 Å². The number of piperidine rings is 1. The van der Waals surface area contributed by atoms with Gasteiger partial charge in [-0.1, -0.05) is 18.0 Å². The highest BCUT2D eigenvalue weighted by atomic mass is 35.5. The zero-order valence-electron chi connectivity index (χ0n) is 10.8. The zero-order chi connectivity index (χ0) is 13.0. The van der Waals surface area contributed by atoms with E-state index in [0.29, 0.717) is 22.9 Å². The van der Waals surface area contributed by atoms with Crippen LogP contribution in [0.25, 0.3) is 0 Å². The van der Waals surface area contributed by atoms with Gasteiger partial charge in [0.2, 0.25) is 0 Å². The summed E-state index contributed by atoms with van der Waals surface area (Å²) in [6.07, 6.45) is 8.68. The molecule has 2 atom stereocenters. The van der Waals surface area contributed by atoms with Gasteiger partial charge in [0, 0.05) is 18.3 Å². The van der Waals surface area contributed by atoms with E-state index < -0.39 is 0 Å². The number of hydrogen-bond donors (Lipinski definition) is 3. The normalized spacial score (nSPS) is 30.9. The van der Waals surface area contributed by atoms with Gasteiger partial charge in [0.15, 0.2) is 0 Å². The van der Waals surface area contributed by atoms with E-state index in [-0.39, 0.29) is 0 Å². The molecule has 1 aliphatic carbocycles. The second-order valence-corrected chi connectivity index (χ2v) is 5.70. The van der Waals surface area contributed by atoms with Gasteiger partial charge in [-0.15, -0.1) is 0 Å². The molecule has 2 aliphatic rings. The molecular weight excluding hydrogens is 248 g/mol. The first kappa shape index (κ1) is 13.7. The topological polar surface area (TPSA) is 65.1 Å². The van der Waals surface area contributed by atoms with Crippen molar-refractivity contribution in [3.63, 3.8) is 0 Å². The lowest BCUT2D eigenvalue weighted by atomic mass is 10.1. The number of hydrogen-bond acceptors (Lipinski definition) is 4. The SMILES string of the molecule is N=C/C(N)=C(/Cl)NC1CCC(N2CCCCC2)C1. The van der Waals surface area contributed by atoms with Crippen molar-refractivity contribution in [2.24, 2.45) is 5.73 Å². The van der Waals surface area contributed by atoms with Crippen molar-refractivity contribution in [3.8, 4) is 0 Å². The van der Waals surface area contributed by atoms with E-state index in [9.17, 15) is 0 Å². The molecular formula is C13H23ClN4. The van der Waals surface area contributed by atoms with E-state index in [1.54, 1.807) is 0 Å². The molecule has 1 saturated heterocycles. The molecule has 0 aromatic rings. The number of allylic oxidation sites excluding steroid dienone is 1. The van der Waals surface area contributed by atoms with Gasteiger partial charge in [0.25, 0.3) is 0 Å². The first-order valence-electron chi connectivity index (χ1n) is 6.87. The van der Waals surface area contributed by atoms with Gasteiger partial charge in [-0.2, -0.15) is 0 Å². The summed E-state index contributed by atoms with van der Waals surface area (Å²) in [6, 6.07) is 1.11. The largest absolute Gasteiger partial charge is 0.395 e. The number of halogens is 1. The molecule has 0 aromatic heterocycles. The second-order valence-electron chi connectivity index (χ2n) is 5.32. The van der Waals surface area contributed by atoms with E-state index in [1.807, 2.05) is 0 Å². The van der Waals surface area contributed by atoms with Crippen molar-refractivity contribution in [1.29, 1.82) is 5.41 Å². The Morgan fingerprint density at radius 3 is 2.67 bits per heavy atom. The van der Waals surface area contributed by atoms with Crippen LogP contribution in [0.15, 0.2) is 10.9 Å². The van der Waals surface area contributed by atoms with Gasteiger partial charge in [-0.25, -0.2) is 0 Å². The molecule has 4 N–H and O–H groups in total. The second kappa shape index (κ2) is 6.43. The van der Waals surface area contributed by atoms with Crippen molar-refractivity contribution < 1.29 is 0 Å². The van der Waals surface area contributed by atoms with E-state index >= 15 is 0 Å². The molecule has 2 fully saturated rings. The smallest absolute Gasteiger partial charge is 0.127 e. The summed E-state index contributed by atoms with van der Waals surface area (Å²) < 4.78 is 0. The minimum absolute atomic E-state index is 0.318. The Bertz CT molecular complexity index is 323. The van der Waals surface area contributed by atoms with Crippen LogP contribution in [0.3, 0.4) is 0 Å². The fourth-order valence-corrected chi connectivity index (χ4v) is 3.24. The molecule has 1 saturated carbocycles. The van der Waals surface area contributed by atoms with E-state index in [0.717, 1.165) is 19.1 Å².